The zero-order valence-electron chi connectivity index (χ0n) is 11.9. The Kier molecular flexibility index (Phi) is 3.86. The number of ether oxygens (including phenoxy) is 1. The molecule has 7 nitrogen and oxygen atoms in total. The first-order valence-electron chi connectivity index (χ1n) is 6.68. The molecule has 0 aliphatic heterocycles. The third-order valence-electron chi connectivity index (χ3n) is 2.88. The van der Waals surface area contributed by atoms with E-state index in [-0.39, 0.29) is 12.3 Å². The molecule has 3 rings (SSSR count). The Bertz CT molecular complexity index is 747. The number of aromatic amines is 1. The first-order chi connectivity index (χ1) is 10.7. The number of nitrogens with zero attached hydrogens (tertiary/aromatic N) is 2. The summed E-state index contributed by atoms with van der Waals surface area (Å²) < 4.78 is 10.3. The van der Waals surface area contributed by atoms with Crippen LogP contribution in [0.4, 0.5) is 5.69 Å². The average Bonchev–Trinajstić information content (AvgIpc) is 3.13. The number of anilines is 1. The summed E-state index contributed by atoms with van der Waals surface area (Å²) >= 11 is 0. The topological polar surface area (TPSA) is 93.0 Å². The van der Waals surface area contributed by atoms with E-state index in [1.807, 2.05) is 6.92 Å². The van der Waals surface area contributed by atoms with Crippen LogP contribution in [0.1, 0.15) is 11.4 Å². The van der Waals surface area contributed by atoms with Crippen LogP contribution in [0.15, 0.2) is 47.2 Å². The Morgan fingerprint density at radius 3 is 2.77 bits per heavy atom. The van der Waals surface area contributed by atoms with Gasteiger partial charge in [-0.15, -0.1) is 5.10 Å². The summed E-state index contributed by atoms with van der Waals surface area (Å²) in [5.74, 6) is 0.979. The molecule has 0 saturated heterocycles. The van der Waals surface area contributed by atoms with Gasteiger partial charge >= 0.3 is 0 Å². The van der Waals surface area contributed by atoms with Crippen molar-refractivity contribution in [3.05, 3.63) is 54.0 Å². The van der Waals surface area contributed by atoms with Gasteiger partial charge in [-0.1, -0.05) is 5.16 Å². The highest BCUT2D eigenvalue weighted by Gasteiger charge is 2.07. The Balaban J connectivity index is 1.58. The number of benzene rings is 1. The number of hydrogen-bond acceptors (Lipinski definition) is 5. The van der Waals surface area contributed by atoms with E-state index in [0.717, 1.165) is 5.69 Å². The number of nitrogens with one attached hydrogen (secondary N) is 2. The maximum atomic E-state index is 11.8. The van der Waals surface area contributed by atoms with Gasteiger partial charge in [0, 0.05) is 23.5 Å². The summed E-state index contributed by atoms with van der Waals surface area (Å²) in [6, 6.07) is 10.5. The second-order valence-corrected chi connectivity index (χ2v) is 4.73. The van der Waals surface area contributed by atoms with Crippen molar-refractivity contribution in [1.29, 1.82) is 0 Å². The number of aryl methyl sites for hydroxylation is 1. The lowest BCUT2D eigenvalue weighted by molar-refractivity contribution is -0.115. The number of carbonyl (C=O) groups is 1. The van der Waals surface area contributed by atoms with Gasteiger partial charge in [-0.2, -0.15) is 0 Å². The molecular weight excluding hydrogens is 284 g/mol. The Morgan fingerprint density at radius 1 is 1.32 bits per heavy atom. The van der Waals surface area contributed by atoms with Crippen molar-refractivity contribution in [2.24, 2.45) is 0 Å². The fourth-order valence-electron chi connectivity index (χ4n) is 1.87. The molecule has 2 N–H and O–H groups in total. The molecule has 0 radical (unpaired) electrons. The first kappa shape index (κ1) is 13.9. The van der Waals surface area contributed by atoms with Gasteiger partial charge in [0.05, 0.1) is 12.1 Å². The summed E-state index contributed by atoms with van der Waals surface area (Å²) in [6.07, 6.45) is 1.60. The van der Waals surface area contributed by atoms with E-state index in [2.05, 4.69) is 25.2 Å². The summed E-state index contributed by atoms with van der Waals surface area (Å²) in [5.41, 5.74) is 2.19. The van der Waals surface area contributed by atoms with Gasteiger partial charge in [0.2, 0.25) is 11.8 Å². The molecule has 112 valence electrons. The van der Waals surface area contributed by atoms with Crippen LogP contribution >= 0.6 is 0 Å². The molecule has 7 heteroatoms. The molecule has 2 heterocycles. The van der Waals surface area contributed by atoms with Gasteiger partial charge in [0.15, 0.2) is 0 Å². The van der Waals surface area contributed by atoms with Gasteiger partial charge in [0.25, 0.3) is 0 Å². The first-order valence-corrected chi connectivity index (χ1v) is 6.68. The lowest BCUT2D eigenvalue weighted by Gasteiger charge is -2.06. The minimum Gasteiger partial charge on any atom is -0.438 e. The van der Waals surface area contributed by atoms with Crippen molar-refractivity contribution >= 4 is 11.6 Å². The molecule has 0 fully saturated rings. The van der Waals surface area contributed by atoms with Crippen LogP contribution in [0, 0.1) is 6.92 Å². The SMILES string of the molecule is Cc1cc(Oc2ccc(NC(=O)Cc3ccon3)cc2)n[nH]1. The predicted octanol–water partition coefficient (Wildman–Crippen LogP) is 2.68. The molecule has 0 atom stereocenters. The molecule has 0 saturated carbocycles. The largest absolute Gasteiger partial charge is 0.438 e. The van der Waals surface area contributed by atoms with Crippen LogP contribution in [0.2, 0.25) is 0 Å². The summed E-state index contributed by atoms with van der Waals surface area (Å²) in [4.78, 5) is 11.8. The molecule has 0 spiro atoms. The Hall–Kier alpha value is -3.09. The van der Waals surface area contributed by atoms with Crippen LogP contribution in [-0.4, -0.2) is 21.3 Å². The molecule has 22 heavy (non-hydrogen) atoms. The van der Waals surface area contributed by atoms with E-state index in [1.165, 1.54) is 6.26 Å². The van der Waals surface area contributed by atoms with Gasteiger partial charge < -0.3 is 14.6 Å². The molecule has 1 aromatic carbocycles. The van der Waals surface area contributed by atoms with Crippen LogP contribution in [0.3, 0.4) is 0 Å². The molecule has 0 bridgehead atoms. The molecule has 3 aromatic rings. The van der Waals surface area contributed by atoms with E-state index < -0.39 is 0 Å². The fourth-order valence-corrected chi connectivity index (χ4v) is 1.87. The highest BCUT2D eigenvalue weighted by molar-refractivity contribution is 5.92. The molecular formula is C15H14N4O3. The number of carbonyl (C=O) groups excluding carboxylic acids is 1. The van der Waals surface area contributed by atoms with Crippen molar-refractivity contribution < 1.29 is 14.1 Å². The third-order valence-corrected chi connectivity index (χ3v) is 2.88. The van der Waals surface area contributed by atoms with Crippen LogP contribution < -0.4 is 10.1 Å². The summed E-state index contributed by atoms with van der Waals surface area (Å²) in [5, 5.41) is 13.3. The third kappa shape index (κ3) is 3.51. The highest BCUT2D eigenvalue weighted by atomic mass is 16.5. The van der Waals surface area contributed by atoms with Crippen LogP contribution in [-0.2, 0) is 11.2 Å². The van der Waals surface area contributed by atoms with Gasteiger partial charge in [0.1, 0.15) is 12.0 Å². The fraction of sp³-hybridized carbons (Fsp3) is 0.133. The van der Waals surface area contributed by atoms with Gasteiger partial charge in [-0.05, 0) is 31.2 Å². The van der Waals surface area contributed by atoms with Crippen molar-refractivity contribution in [1.82, 2.24) is 15.4 Å². The average molecular weight is 298 g/mol. The number of amides is 1. The lowest BCUT2D eigenvalue weighted by atomic mass is 10.2. The van der Waals surface area contributed by atoms with Gasteiger partial charge in [-0.3, -0.25) is 9.89 Å². The van der Waals surface area contributed by atoms with Crippen LogP contribution in [0.25, 0.3) is 0 Å². The normalized spacial score (nSPS) is 10.4. The van der Waals surface area contributed by atoms with E-state index >= 15 is 0 Å². The highest BCUT2D eigenvalue weighted by Crippen LogP contribution is 2.21. The molecule has 0 unspecified atom stereocenters. The monoisotopic (exact) mass is 298 g/mol. The molecule has 1 amide bonds. The molecule has 2 aromatic heterocycles. The summed E-state index contributed by atoms with van der Waals surface area (Å²) in [6.45, 7) is 1.90. The minimum absolute atomic E-state index is 0.162. The van der Waals surface area contributed by atoms with Crippen molar-refractivity contribution in [3.63, 3.8) is 0 Å². The standard InChI is InChI=1S/C15H14N4O3/c1-10-8-15(18-17-10)22-13-4-2-11(3-5-13)16-14(20)9-12-6-7-21-19-12/h2-8H,9H2,1H3,(H,16,20)(H,17,18). The number of hydrogen-bond donors (Lipinski definition) is 2. The number of H-pyrrole nitrogens is 1. The maximum Gasteiger partial charge on any atom is 0.238 e. The number of rotatable bonds is 5. The van der Waals surface area contributed by atoms with E-state index in [9.17, 15) is 4.79 Å². The second-order valence-electron chi connectivity index (χ2n) is 4.73. The predicted molar refractivity (Wildman–Crippen MR) is 78.7 cm³/mol. The smallest absolute Gasteiger partial charge is 0.238 e. The van der Waals surface area contributed by atoms with E-state index in [1.54, 1.807) is 36.4 Å². The van der Waals surface area contributed by atoms with E-state index in [0.29, 0.717) is 23.0 Å². The van der Waals surface area contributed by atoms with Crippen LogP contribution in [0.5, 0.6) is 11.6 Å². The number of aromatic nitrogens is 3. The lowest BCUT2D eigenvalue weighted by Crippen LogP contribution is -2.14. The van der Waals surface area contributed by atoms with Crippen molar-refractivity contribution in [2.45, 2.75) is 13.3 Å². The zero-order chi connectivity index (χ0) is 15.4. The Morgan fingerprint density at radius 2 is 2.14 bits per heavy atom. The maximum absolute atomic E-state index is 11.8. The Labute approximate surface area is 126 Å². The van der Waals surface area contributed by atoms with Gasteiger partial charge in [-0.25, -0.2) is 0 Å². The van der Waals surface area contributed by atoms with Crippen molar-refractivity contribution in [3.8, 4) is 11.6 Å². The second kappa shape index (κ2) is 6.13. The molecule has 0 aliphatic rings. The quantitative estimate of drug-likeness (QED) is 0.755. The van der Waals surface area contributed by atoms with E-state index in [4.69, 9.17) is 4.74 Å². The van der Waals surface area contributed by atoms with Crippen molar-refractivity contribution in [2.75, 3.05) is 5.32 Å². The summed E-state index contributed by atoms with van der Waals surface area (Å²) in [7, 11) is 0. The molecule has 0 aliphatic carbocycles. The minimum atomic E-state index is -0.162. The zero-order valence-corrected chi connectivity index (χ0v) is 11.9.